The van der Waals surface area contributed by atoms with E-state index in [2.05, 4.69) is 5.32 Å². The highest BCUT2D eigenvalue weighted by Gasteiger charge is 2.26. The highest BCUT2D eigenvalue weighted by atomic mass is 16.4. The third kappa shape index (κ3) is 4.86. The van der Waals surface area contributed by atoms with Gasteiger partial charge in [-0.15, -0.1) is 0 Å². The summed E-state index contributed by atoms with van der Waals surface area (Å²) in [6, 6.07) is 8.01. The van der Waals surface area contributed by atoms with Crippen LogP contribution >= 0.6 is 0 Å². The number of amides is 1. The lowest BCUT2D eigenvalue weighted by molar-refractivity contribution is -0.144. The van der Waals surface area contributed by atoms with Crippen molar-refractivity contribution in [2.45, 2.75) is 26.3 Å². The average molecular weight is 290 g/mol. The first-order valence-electron chi connectivity index (χ1n) is 7.32. The summed E-state index contributed by atoms with van der Waals surface area (Å²) in [5, 5.41) is 11.9. The molecular formula is C16H22N2O3. The Morgan fingerprint density at radius 3 is 2.95 bits per heavy atom. The molecule has 114 valence electrons. The molecule has 0 saturated carbocycles. The first-order chi connectivity index (χ1) is 10.0. The number of carboxylic acids is 1. The third-order valence-electron chi connectivity index (χ3n) is 3.79. The first-order valence-corrected chi connectivity index (χ1v) is 7.32. The van der Waals surface area contributed by atoms with Gasteiger partial charge < -0.3 is 10.4 Å². The van der Waals surface area contributed by atoms with Gasteiger partial charge in [0, 0.05) is 13.1 Å². The molecule has 21 heavy (non-hydrogen) atoms. The summed E-state index contributed by atoms with van der Waals surface area (Å²) in [7, 11) is 0. The standard InChI is InChI=1S/C16H22N2O3/c1-12-4-2-5-13(8-12)9-17-15(19)11-18-7-3-6-14(10-18)16(20)21/h2,4-5,8,14H,3,6-7,9-11H2,1H3,(H,17,19)(H,20,21). The number of aryl methyl sites for hydroxylation is 1. The van der Waals surface area contributed by atoms with Crippen LogP contribution in [-0.2, 0) is 16.1 Å². The molecule has 1 amide bonds. The van der Waals surface area contributed by atoms with Crippen LogP contribution in [0.1, 0.15) is 24.0 Å². The number of carboxylic acid groups (broad SMARTS) is 1. The summed E-state index contributed by atoms with van der Waals surface area (Å²) < 4.78 is 0. The minimum Gasteiger partial charge on any atom is -0.481 e. The zero-order valence-corrected chi connectivity index (χ0v) is 12.3. The molecule has 5 nitrogen and oxygen atoms in total. The zero-order chi connectivity index (χ0) is 15.2. The number of carbonyl (C=O) groups is 2. The monoisotopic (exact) mass is 290 g/mol. The number of piperidine rings is 1. The molecule has 5 heteroatoms. The van der Waals surface area contributed by atoms with E-state index in [9.17, 15) is 9.59 Å². The molecule has 1 saturated heterocycles. The molecule has 2 N–H and O–H groups in total. The Kier molecular flexibility index (Phi) is 5.33. The molecule has 1 atom stereocenters. The molecule has 1 aliphatic rings. The van der Waals surface area contributed by atoms with Gasteiger partial charge in [-0.1, -0.05) is 29.8 Å². The van der Waals surface area contributed by atoms with Gasteiger partial charge in [-0.05, 0) is 31.9 Å². The van der Waals surface area contributed by atoms with Crippen molar-refractivity contribution in [1.82, 2.24) is 10.2 Å². The Balaban J connectivity index is 1.78. The number of nitrogens with one attached hydrogen (secondary N) is 1. The summed E-state index contributed by atoms with van der Waals surface area (Å²) in [4.78, 5) is 24.9. The van der Waals surface area contributed by atoms with Crippen LogP contribution in [0.25, 0.3) is 0 Å². The fraction of sp³-hybridized carbons (Fsp3) is 0.500. The minimum absolute atomic E-state index is 0.0532. The lowest BCUT2D eigenvalue weighted by atomic mass is 9.98. The van der Waals surface area contributed by atoms with Gasteiger partial charge in [-0.25, -0.2) is 0 Å². The van der Waals surface area contributed by atoms with E-state index < -0.39 is 5.97 Å². The van der Waals surface area contributed by atoms with Crippen LogP contribution in [0.15, 0.2) is 24.3 Å². The predicted octanol–water partition coefficient (Wildman–Crippen LogP) is 1.41. The highest BCUT2D eigenvalue weighted by Crippen LogP contribution is 2.16. The number of aliphatic carboxylic acids is 1. The van der Waals surface area contributed by atoms with Crippen molar-refractivity contribution in [2.75, 3.05) is 19.6 Å². The van der Waals surface area contributed by atoms with Gasteiger partial charge in [0.15, 0.2) is 0 Å². The van der Waals surface area contributed by atoms with Crippen molar-refractivity contribution in [3.8, 4) is 0 Å². The second-order valence-electron chi connectivity index (χ2n) is 5.68. The van der Waals surface area contributed by atoms with Crippen LogP contribution in [0, 0.1) is 12.8 Å². The number of likely N-dealkylation sites (tertiary alicyclic amines) is 1. The van der Waals surface area contributed by atoms with E-state index in [1.165, 1.54) is 5.56 Å². The minimum atomic E-state index is -0.764. The molecule has 0 radical (unpaired) electrons. The molecule has 2 rings (SSSR count). The number of carbonyl (C=O) groups excluding carboxylic acids is 1. The van der Waals surface area contributed by atoms with Gasteiger partial charge in [-0.2, -0.15) is 0 Å². The van der Waals surface area contributed by atoms with Crippen molar-refractivity contribution >= 4 is 11.9 Å². The summed E-state index contributed by atoms with van der Waals surface area (Å²) in [6.07, 6.45) is 1.54. The van der Waals surface area contributed by atoms with Crippen molar-refractivity contribution in [2.24, 2.45) is 5.92 Å². The number of benzene rings is 1. The van der Waals surface area contributed by atoms with Crippen LogP contribution < -0.4 is 5.32 Å². The van der Waals surface area contributed by atoms with Crippen molar-refractivity contribution in [1.29, 1.82) is 0 Å². The summed E-state index contributed by atoms with van der Waals surface area (Å²) in [6.45, 7) is 4.06. The second kappa shape index (κ2) is 7.22. The third-order valence-corrected chi connectivity index (χ3v) is 3.79. The maximum absolute atomic E-state index is 11.9. The van der Waals surface area contributed by atoms with Gasteiger partial charge >= 0.3 is 5.97 Å². The van der Waals surface area contributed by atoms with E-state index in [1.807, 2.05) is 36.1 Å². The van der Waals surface area contributed by atoms with Crippen LogP contribution in [0.2, 0.25) is 0 Å². The Morgan fingerprint density at radius 1 is 1.43 bits per heavy atom. The van der Waals surface area contributed by atoms with Gasteiger partial charge in [0.05, 0.1) is 12.5 Å². The maximum atomic E-state index is 11.9. The smallest absolute Gasteiger partial charge is 0.307 e. The SMILES string of the molecule is Cc1cccc(CNC(=O)CN2CCCC(C(=O)O)C2)c1. The molecule has 0 aliphatic carbocycles. The molecule has 1 aliphatic heterocycles. The van der Waals surface area contributed by atoms with Crippen LogP contribution in [0.3, 0.4) is 0 Å². The van der Waals surface area contributed by atoms with E-state index in [-0.39, 0.29) is 18.4 Å². The Labute approximate surface area is 125 Å². The van der Waals surface area contributed by atoms with E-state index >= 15 is 0 Å². The summed E-state index contributed by atoms with van der Waals surface area (Å²) >= 11 is 0. The molecule has 0 spiro atoms. The number of nitrogens with zero attached hydrogens (tertiary/aromatic N) is 1. The normalized spacial score (nSPS) is 19.2. The average Bonchev–Trinajstić information content (AvgIpc) is 2.45. The topological polar surface area (TPSA) is 69.6 Å². The number of hydrogen-bond acceptors (Lipinski definition) is 3. The van der Waals surface area contributed by atoms with Gasteiger partial charge in [0.1, 0.15) is 0 Å². The second-order valence-corrected chi connectivity index (χ2v) is 5.68. The zero-order valence-electron chi connectivity index (χ0n) is 12.3. The summed E-state index contributed by atoms with van der Waals surface area (Å²) in [5.41, 5.74) is 2.24. The highest BCUT2D eigenvalue weighted by molar-refractivity contribution is 5.78. The van der Waals surface area contributed by atoms with Gasteiger partial charge in [0.25, 0.3) is 0 Å². The Hall–Kier alpha value is -1.88. The molecule has 1 heterocycles. The van der Waals surface area contributed by atoms with E-state index in [0.29, 0.717) is 19.5 Å². The number of hydrogen-bond donors (Lipinski definition) is 2. The molecule has 1 aromatic rings. The van der Waals surface area contributed by atoms with Crippen LogP contribution in [0.4, 0.5) is 0 Å². The van der Waals surface area contributed by atoms with E-state index in [1.54, 1.807) is 0 Å². The number of rotatable bonds is 5. The molecule has 0 bridgehead atoms. The quantitative estimate of drug-likeness (QED) is 0.860. The van der Waals surface area contributed by atoms with Gasteiger partial charge in [0.2, 0.25) is 5.91 Å². The molecule has 1 aromatic carbocycles. The maximum Gasteiger partial charge on any atom is 0.307 e. The van der Waals surface area contributed by atoms with Gasteiger partial charge in [-0.3, -0.25) is 14.5 Å². The van der Waals surface area contributed by atoms with Crippen LogP contribution in [-0.4, -0.2) is 41.5 Å². The summed E-state index contributed by atoms with van der Waals surface area (Å²) in [5.74, 6) is -1.16. The predicted molar refractivity (Wildman–Crippen MR) is 79.8 cm³/mol. The molecular weight excluding hydrogens is 268 g/mol. The van der Waals surface area contributed by atoms with Crippen LogP contribution in [0.5, 0.6) is 0 Å². The molecule has 1 unspecified atom stereocenters. The lowest BCUT2D eigenvalue weighted by Gasteiger charge is -2.29. The largest absolute Gasteiger partial charge is 0.481 e. The van der Waals surface area contributed by atoms with Crippen molar-refractivity contribution in [3.05, 3.63) is 35.4 Å². The van der Waals surface area contributed by atoms with Crippen molar-refractivity contribution in [3.63, 3.8) is 0 Å². The van der Waals surface area contributed by atoms with E-state index in [0.717, 1.165) is 18.5 Å². The fourth-order valence-electron chi connectivity index (χ4n) is 2.68. The lowest BCUT2D eigenvalue weighted by Crippen LogP contribution is -2.44. The Morgan fingerprint density at radius 2 is 2.24 bits per heavy atom. The fourth-order valence-corrected chi connectivity index (χ4v) is 2.68. The van der Waals surface area contributed by atoms with E-state index in [4.69, 9.17) is 5.11 Å². The Bertz CT molecular complexity index is 516. The van der Waals surface area contributed by atoms with Crippen molar-refractivity contribution < 1.29 is 14.7 Å². The molecule has 1 fully saturated rings. The molecule has 0 aromatic heterocycles. The first kappa shape index (κ1) is 15.5.